The summed E-state index contributed by atoms with van der Waals surface area (Å²) in [7, 11) is 0. The van der Waals surface area contributed by atoms with Gasteiger partial charge in [0.15, 0.2) is 11.9 Å². The summed E-state index contributed by atoms with van der Waals surface area (Å²) >= 11 is 0. The molecule has 0 radical (unpaired) electrons. The van der Waals surface area contributed by atoms with E-state index < -0.39 is 18.6 Å². The van der Waals surface area contributed by atoms with E-state index in [1.54, 1.807) is 35.2 Å². The monoisotopic (exact) mass is 570 g/mol. The number of nitrogens with zero attached hydrogens (tertiary/aromatic N) is 6. The number of imidazole rings is 1. The smallest absolute Gasteiger partial charge is 0.405 e. The van der Waals surface area contributed by atoms with Crippen LogP contribution in [0.15, 0.2) is 30.3 Å². The number of nitrogens with two attached hydrogens (primary N) is 1. The average molecular weight is 571 g/mol. The first-order chi connectivity index (χ1) is 19.9. The van der Waals surface area contributed by atoms with Crippen molar-refractivity contribution in [3.05, 3.63) is 36.2 Å². The lowest BCUT2D eigenvalue weighted by molar-refractivity contribution is -0.137. The van der Waals surface area contributed by atoms with Crippen LogP contribution in [-0.4, -0.2) is 87.5 Å². The molecule has 2 aliphatic heterocycles. The maximum Gasteiger partial charge on any atom is 0.405 e. The number of alkyl halides is 2. The molecule has 2 saturated heterocycles. The average Bonchev–Trinajstić information content (AvgIpc) is 3.54. The van der Waals surface area contributed by atoms with E-state index in [2.05, 4.69) is 10.3 Å². The van der Waals surface area contributed by atoms with Crippen LogP contribution in [0.1, 0.15) is 44.4 Å². The van der Waals surface area contributed by atoms with Crippen LogP contribution in [0.2, 0.25) is 0 Å². The lowest BCUT2D eigenvalue weighted by atomic mass is 9.90. The number of carbonyl (C=O) groups excluding carboxylic acids is 2. The van der Waals surface area contributed by atoms with Gasteiger partial charge in [0.25, 0.3) is 12.3 Å². The Morgan fingerprint density at radius 3 is 2.54 bits per heavy atom. The highest BCUT2D eigenvalue weighted by molar-refractivity contribution is 5.85. The van der Waals surface area contributed by atoms with Crippen LogP contribution in [0, 0.1) is 0 Å². The Morgan fingerprint density at radius 1 is 1.05 bits per heavy atom. The van der Waals surface area contributed by atoms with Crippen LogP contribution in [-0.2, 0) is 14.3 Å². The van der Waals surface area contributed by atoms with Gasteiger partial charge in [-0.25, -0.2) is 18.6 Å². The molecule has 1 aliphatic carbocycles. The third-order valence-electron chi connectivity index (χ3n) is 7.94. The van der Waals surface area contributed by atoms with Crippen molar-refractivity contribution in [2.45, 2.75) is 56.7 Å². The second-order valence-electron chi connectivity index (χ2n) is 10.5. The number of aromatic nitrogens is 4. The highest BCUT2D eigenvalue weighted by atomic mass is 19.3. The van der Waals surface area contributed by atoms with Gasteiger partial charge in [0.05, 0.1) is 24.2 Å². The summed E-state index contributed by atoms with van der Waals surface area (Å²) in [4.78, 5) is 41.2. The minimum absolute atomic E-state index is 0.0535. The number of halogens is 2. The number of primary amides is 1. The summed E-state index contributed by atoms with van der Waals surface area (Å²) in [5.41, 5.74) is 6.10. The zero-order valence-corrected chi connectivity index (χ0v) is 22.4. The van der Waals surface area contributed by atoms with E-state index in [1.165, 1.54) is 4.57 Å². The van der Waals surface area contributed by atoms with Crippen molar-refractivity contribution in [2.24, 2.45) is 5.73 Å². The molecule has 0 unspecified atom stereocenters. The van der Waals surface area contributed by atoms with Gasteiger partial charge in [-0.1, -0.05) is 12.1 Å². The summed E-state index contributed by atoms with van der Waals surface area (Å²) in [5.74, 6) is 0.703. The van der Waals surface area contributed by atoms with Gasteiger partial charge in [-0.15, -0.1) is 0 Å². The van der Waals surface area contributed by atoms with Crippen molar-refractivity contribution in [1.82, 2.24) is 24.4 Å². The van der Waals surface area contributed by atoms with Gasteiger partial charge >= 0.3 is 6.09 Å². The third kappa shape index (κ3) is 5.60. The van der Waals surface area contributed by atoms with Gasteiger partial charge in [-0.2, -0.15) is 9.97 Å². The lowest BCUT2D eigenvalue weighted by Crippen LogP contribution is -2.43. The second kappa shape index (κ2) is 11.4. The molecule has 1 atom stereocenters. The number of fused-ring (bicyclic) bond motifs is 1. The SMILES string of the molecule is NC(=O)O[C@@H]1CCN([C@H]2CC[C@H](Nc3cc(-n4c(C(F)F)nc5ccccc54)nc(N4CCOCC4)n3)CC2)C1=O. The van der Waals surface area contributed by atoms with Gasteiger partial charge < -0.3 is 30.3 Å². The predicted octanol–water partition coefficient (Wildman–Crippen LogP) is 3.01. The molecule has 6 rings (SSSR count). The molecule has 14 heteroatoms. The molecule has 2 amide bonds. The van der Waals surface area contributed by atoms with Crippen molar-refractivity contribution in [1.29, 1.82) is 0 Å². The molecule has 3 aromatic rings. The molecule has 3 fully saturated rings. The third-order valence-corrected chi connectivity index (χ3v) is 7.94. The molecule has 1 saturated carbocycles. The van der Waals surface area contributed by atoms with E-state index in [-0.39, 0.29) is 23.8 Å². The largest absolute Gasteiger partial charge is 0.436 e. The number of benzene rings is 1. The first-order valence-corrected chi connectivity index (χ1v) is 13.9. The Morgan fingerprint density at radius 2 is 1.80 bits per heavy atom. The van der Waals surface area contributed by atoms with Gasteiger partial charge in [-0.3, -0.25) is 9.36 Å². The molecule has 3 aliphatic rings. The highest BCUT2D eigenvalue weighted by Crippen LogP contribution is 2.32. The molecule has 2 aromatic heterocycles. The Labute approximate surface area is 234 Å². The van der Waals surface area contributed by atoms with E-state index in [1.807, 2.05) is 4.90 Å². The van der Waals surface area contributed by atoms with Crippen LogP contribution < -0.4 is 16.0 Å². The zero-order chi connectivity index (χ0) is 28.5. The first kappa shape index (κ1) is 27.1. The van der Waals surface area contributed by atoms with E-state index in [9.17, 15) is 18.4 Å². The molecule has 12 nitrogen and oxygen atoms in total. The van der Waals surface area contributed by atoms with Crippen LogP contribution in [0.25, 0.3) is 16.9 Å². The van der Waals surface area contributed by atoms with E-state index in [0.717, 1.165) is 25.7 Å². The summed E-state index contributed by atoms with van der Waals surface area (Å²) in [6.07, 6.45) is -1.02. The molecule has 4 heterocycles. The fourth-order valence-corrected chi connectivity index (χ4v) is 5.98. The summed E-state index contributed by atoms with van der Waals surface area (Å²) in [6, 6.07) is 8.80. The Bertz CT molecular complexity index is 1420. The minimum atomic E-state index is -2.79. The molecule has 1 aromatic carbocycles. The van der Waals surface area contributed by atoms with Crippen molar-refractivity contribution in [2.75, 3.05) is 43.1 Å². The van der Waals surface area contributed by atoms with Crippen LogP contribution in [0.3, 0.4) is 0 Å². The second-order valence-corrected chi connectivity index (χ2v) is 10.5. The number of morpholine rings is 1. The number of para-hydroxylation sites is 2. The number of carbonyl (C=O) groups is 2. The predicted molar refractivity (Wildman–Crippen MR) is 145 cm³/mol. The molecule has 218 valence electrons. The van der Waals surface area contributed by atoms with Crippen molar-refractivity contribution >= 4 is 34.8 Å². The number of rotatable bonds is 7. The van der Waals surface area contributed by atoms with E-state index in [0.29, 0.717) is 67.9 Å². The molecule has 0 spiro atoms. The van der Waals surface area contributed by atoms with Crippen molar-refractivity contribution < 1.29 is 27.8 Å². The topological polar surface area (TPSA) is 141 Å². The Balaban J connectivity index is 1.24. The molecule has 3 N–H and O–H groups in total. The summed E-state index contributed by atoms with van der Waals surface area (Å²) < 4.78 is 40.1. The molecular weight excluding hydrogens is 538 g/mol. The van der Waals surface area contributed by atoms with E-state index >= 15 is 0 Å². The van der Waals surface area contributed by atoms with Gasteiger partial charge in [0, 0.05) is 44.2 Å². The highest BCUT2D eigenvalue weighted by Gasteiger charge is 2.39. The van der Waals surface area contributed by atoms with Crippen LogP contribution >= 0.6 is 0 Å². The standard InChI is InChI=1S/C27H32F2N8O4/c28-23(29)24-32-18-3-1-2-4-19(18)37(24)22-15-21(33-27(34-22)35-11-13-40-14-12-35)31-16-5-7-17(8-6-16)36-10-9-20(25(36)38)41-26(30)39/h1-4,15-17,20,23H,5-14H2,(H2,30,39)(H,31,33,34)/t16-,17-,20-/m1/s1. The maximum absolute atomic E-state index is 14.1. The van der Waals surface area contributed by atoms with Crippen LogP contribution in [0.5, 0.6) is 0 Å². The van der Waals surface area contributed by atoms with Crippen molar-refractivity contribution in [3.8, 4) is 5.82 Å². The molecular formula is C27H32F2N8O4. The number of ether oxygens (including phenoxy) is 2. The number of nitrogens with one attached hydrogen (secondary N) is 1. The summed E-state index contributed by atoms with van der Waals surface area (Å²) in [5, 5.41) is 3.50. The first-order valence-electron chi connectivity index (χ1n) is 13.9. The number of likely N-dealkylation sites (tertiary alicyclic amines) is 1. The number of hydrogen-bond acceptors (Lipinski definition) is 9. The lowest BCUT2D eigenvalue weighted by Gasteiger charge is -2.35. The quantitative estimate of drug-likeness (QED) is 0.439. The van der Waals surface area contributed by atoms with Gasteiger partial charge in [0.1, 0.15) is 11.6 Å². The number of anilines is 2. The van der Waals surface area contributed by atoms with Gasteiger partial charge in [0.2, 0.25) is 5.95 Å². The summed E-state index contributed by atoms with van der Waals surface area (Å²) in [6.45, 7) is 2.76. The number of hydrogen-bond donors (Lipinski definition) is 2. The zero-order valence-electron chi connectivity index (χ0n) is 22.4. The minimum Gasteiger partial charge on any atom is -0.436 e. The Kier molecular flexibility index (Phi) is 7.56. The molecule has 41 heavy (non-hydrogen) atoms. The normalized spacial score (nSPS) is 23.4. The fraction of sp³-hybridized carbons (Fsp3) is 0.519. The molecule has 0 bridgehead atoms. The van der Waals surface area contributed by atoms with Gasteiger partial charge in [-0.05, 0) is 37.8 Å². The van der Waals surface area contributed by atoms with Crippen LogP contribution in [0.4, 0.5) is 25.3 Å². The van der Waals surface area contributed by atoms with E-state index in [4.69, 9.17) is 25.2 Å². The fourth-order valence-electron chi connectivity index (χ4n) is 5.98. The van der Waals surface area contributed by atoms with Crippen molar-refractivity contribution in [3.63, 3.8) is 0 Å². The Hall–Kier alpha value is -4.07. The number of amides is 2. The maximum atomic E-state index is 14.1.